The molecule has 94 valence electrons. The second-order valence-corrected chi connectivity index (χ2v) is 4.10. The lowest BCUT2D eigenvalue weighted by atomic mass is 10.2. The van der Waals surface area contributed by atoms with E-state index in [0.29, 0.717) is 6.42 Å². The number of nitrogens with zero attached hydrogens (tertiary/aromatic N) is 1. The van der Waals surface area contributed by atoms with Crippen LogP contribution in [0.25, 0.3) is 0 Å². The summed E-state index contributed by atoms with van der Waals surface area (Å²) >= 11 is 0. The number of alkyl halides is 3. The monoisotopic (exact) mass is 248 g/mol. The number of hydrogen-bond donors (Lipinski definition) is 1. The van der Waals surface area contributed by atoms with E-state index in [1.54, 1.807) is 0 Å². The second kappa shape index (κ2) is 4.09. The van der Waals surface area contributed by atoms with Gasteiger partial charge >= 0.3 is 6.18 Å². The van der Waals surface area contributed by atoms with Crippen LogP contribution in [0.15, 0.2) is 18.2 Å². The third-order valence-electron chi connectivity index (χ3n) is 2.91. The van der Waals surface area contributed by atoms with E-state index < -0.39 is 18.0 Å². The molecule has 6 heteroatoms. The van der Waals surface area contributed by atoms with E-state index in [1.807, 2.05) is 0 Å². The van der Waals surface area contributed by atoms with Crippen LogP contribution >= 0.6 is 0 Å². The van der Waals surface area contributed by atoms with Crippen molar-refractivity contribution in [2.75, 3.05) is 17.2 Å². The smallest absolute Gasteiger partial charge is 0.399 e. The molecule has 1 unspecified atom stereocenters. The highest BCUT2D eigenvalue weighted by molar-refractivity contribution is 5.55. The molecule has 17 heavy (non-hydrogen) atoms. The van der Waals surface area contributed by atoms with Crippen molar-refractivity contribution in [3.63, 3.8) is 0 Å². The second-order valence-electron chi connectivity index (χ2n) is 4.10. The van der Waals surface area contributed by atoms with Gasteiger partial charge in [-0.1, -0.05) is 0 Å². The summed E-state index contributed by atoms with van der Waals surface area (Å²) in [6.45, 7) is 0.213. The lowest BCUT2D eigenvalue weighted by Crippen LogP contribution is -2.41. The number of halogens is 4. The highest BCUT2D eigenvalue weighted by Gasteiger charge is 2.46. The fourth-order valence-electron chi connectivity index (χ4n) is 2.15. The highest BCUT2D eigenvalue weighted by Crippen LogP contribution is 2.37. The first kappa shape index (κ1) is 12.0. The summed E-state index contributed by atoms with van der Waals surface area (Å²) in [6, 6.07) is 2.15. The Morgan fingerprint density at radius 2 is 2.00 bits per heavy atom. The van der Waals surface area contributed by atoms with E-state index >= 15 is 0 Å². The Balaban J connectivity index is 2.33. The summed E-state index contributed by atoms with van der Waals surface area (Å²) in [5.41, 5.74) is 5.54. The van der Waals surface area contributed by atoms with Crippen LogP contribution in [0.1, 0.15) is 12.8 Å². The summed E-state index contributed by atoms with van der Waals surface area (Å²) in [7, 11) is 0. The topological polar surface area (TPSA) is 29.3 Å². The molecular weight excluding hydrogens is 236 g/mol. The summed E-state index contributed by atoms with van der Waals surface area (Å²) in [5, 5.41) is 0. The normalized spacial score (nSPS) is 20.9. The van der Waals surface area contributed by atoms with Crippen molar-refractivity contribution in [2.24, 2.45) is 0 Å². The van der Waals surface area contributed by atoms with Crippen molar-refractivity contribution >= 4 is 11.4 Å². The van der Waals surface area contributed by atoms with Gasteiger partial charge in [0.25, 0.3) is 0 Å². The summed E-state index contributed by atoms with van der Waals surface area (Å²) in [6.07, 6.45) is -3.91. The zero-order valence-corrected chi connectivity index (χ0v) is 8.97. The standard InChI is InChI=1S/C11H12F4N2/c12-8-6-7(16)3-4-9(8)17-5-1-2-10(17)11(13,14)15/h3-4,6,10H,1-2,5,16H2. The molecule has 0 saturated carbocycles. The molecule has 1 atom stereocenters. The fourth-order valence-corrected chi connectivity index (χ4v) is 2.15. The Labute approximate surface area is 96.0 Å². The maximum atomic E-state index is 13.6. The minimum atomic E-state index is -4.33. The SMILES string of the molecule is Nc1ccc(N2CCCC2C(F)(F)F)c(F)c1. The predicted octanol–water partition coefficient (Wildman–Crippen LogP) is 2.94. The van der Waals surface area contributed by atoms with E-state index in [0.717, 1.165) is 11.0 Å². The molecule has 0 aliphatic carbocycles. The van der Waals surface area contributed by atoms with Gasteiger partial charge in [0.1, 0.15) is 11.9 Å². The number of hydrogen-bond acceptors (Lipinski definition) is 2. The lowest BCUT2D eigenvalue weighted by Gasteiger charge is -2.28. The van der Waals surface area contributed by atoms with Crippen LogP contribution in [0.5, 0.6) is 0 Å². The minimum Gasteiger partial charge on any atom is -0.399 e. The zero-order chi connectivity index (χ0) is 12.6. The van der Waals surface area contributed by atoms with Crippen molar-refractivity contribution < 1.29 is 17.6 Å². The van der Waals surface area contributed by atoms with Crippen molar-refractivity contribution in [3.8, 4) is 0 Å². The molecule has 1 heterocycles. The van der Waals surface area contributed by atoms with Gasteiger partial charge in [0.05, 0.1) is 5.69 Å². The van der Waals surface area contributed by atoms with Gasteiger partial charge in [0.15, 0.2) is 0 Å². The van der Waals surface area contributed by atoms with Crippen LogP contribution in [0.4, 0.5) is 28.9 Å². The number of anilines is 2. The molecule has 1 aliphatic rings. The van der Waals surface area contributed by atoms with Crippen LogP contribution in [-0.4, -0.2) is 18.8 Å². The van der Waals surface area contributed by atoms with E-state index in [9.17, 15) is 17.6 Å². The molecule has 0 radical (unpaired) electrons. The summed E-state index contributed by atoms with van der Waals surface area (Å²) in [4.78, 5) is 1.06. The van der Waals surface area contributed by atoms with Crippen LogP contribution < -0.4 is 10.6 Å². The quantitative estimate of drug-likeness (QED) is 0.611. The van der Waals surface area contributed by atoms with E-state index in [1.165, 1.54) is 12.1 Å². The molecule has 1 saturated heterocycles. The van der Waals surface area contributed by atoms with Gasteiger partial charge in [-0.05, 0) is 31.0 Å². The van der Waals surface area contributed by atoms with Crippen LogP contribution in [-0.2, 0) is 0 Å². The summed E-state index contributed by atoms with van der Waals surface area (Å²) in [5.74, 6) is -0.707. The first-order chi connectivity index (χ1) is 7.89. The Morgan fingerprint density at radius 3 is 2.59 bits per heavy atom. The van der Waals surface area contributed by atoms with Gasteiger partial charge in [-0.2, -0.15) is 13.2 Å². The van der Waals surface area contributed by atoms with Gasteiger partial charge in [-0.3, -0.25) is 0 Å². The molecule has 2 nitrogen and oxygen atoms in total. The predicted molar refractivity (Wildman–Crippen MR) is 57.2 cm³/mol. The van der Waals surface area contributed by atoms with E-state index in [4.69, 9.17) is 5.73 Å². The maximum Gasteiger partial charge on any atom is 0.408 e. The first-order valence-corrected chi connectivity index (χ1v) is 5.28. The lowest BCUT2D eigenvalue weighted by molar-refractivity contribution is -0.146. The molecule has 0 amide bonds. The van der Waals surface area contributed by atoms with Crippen LogP contribution in [0.2, 0.25) is 0 Å². The Morgan fingerprint density at radius 1 is 1.29 bits per heavy atom. The number of benzene rings is 1. The van der Waals surface area contributed by atoms with Crippen LogP contribution in [0, 0.1) is 5.82 Å². The van der Waals surface area contributed by atoms with Crippen molar-refractivity contribution in [1.82, 2.24) is 0 Å². The maximum absolute atomic E-state index is 13.6. The molecule has 1 aromatic rings. The van der Waals surface area contributed by atoms with E-state index in [-0.39, 0.29) is 24.3 Å². The Hall–Kier alpha value is -1.46. The van der Waals surface area contributed by atoms with Crippen molar-refractivity contribution in [2.45, 2.75) is 25.1 Å². The molecule has 2 rings (SSSR count). The van der Waals surface area contributed by atoms with Gasteiger partial charge in [-0.25, -0.2) is 4.39 Å². The first-order valence-electron chi connectivity index (χ1n) is 5.28. The third kappa shape index (κ3) is 2.30. The molecule has 0 bridgehead atoms. The Kier molecular flexibility index (Phi) is 2.89. The minimum absolute atomic E-state index is 0.00726. The van der Waals surface area contributed by atoms with Crippen molar-refractivity contribution in [3.05, 3.63) is 24.0 Å². The van der Waals surface area contributed by atoms with Gasteiger partial charge in [-0.15, -0.1) is 0 Å². The number of nitrogens with two attached hydrogens (primary N) is 1. The zero-order valence-electron chi connectivity index (χ0n) is 8.97. The molecule has 2 N–H and O–H groups in total. The van der Waals surface area contributed by atoms with Gasteiger partial charge < -0.3 is 10.6 Å². The Bertz CT molecular complexity index is 416. The average molecular weight is 248 g/mol. The molecule has 1 fully saturated rings. The molecule has 0 aromatic heterocycles. The van der Waals surface area contributed by atoms with E-state index in [2.05, 4.69) is 0 Å². The molecule has 1 aromatic carbocycles. The third-order valence-corrected chi connectivity index (χ3v) is 2.91. The van der Waals surface area contributed by atoms with Crippen LogP contribution in [0.3, 0.4) is 0 Å². The summed E-state index contributed by atoms with van der Waals surface area (Å²) < 4.78 is 51.7. The van der Waals surface area contributed by atoms with Gasteiger partial charge in [0, 0.05) is 12.2 Å². The highest BCUT2D eigenvalue weighted by atomic mass is 19.4. The molecule has 1 aliphatic heterocycles. The fraction of sp³-hybridized carbons (Fsp3) is 0.455. The number of rotatable bonds is 1. The van der Waals surface area contributed by atoms with Gasteiger partial charge in [0.2, 0.25) is 0 Å². The molecule has 0 spiro atoms. The molecular formula is C11H12F4N2. The van der Waals surface area contributed by atoms with Crippen molar-refractivity contribution in [1.29, 1.82) is 0 Å². The average Bonchev–Trinajstić information content (AvgIpc) is 2.65. The number of nitrogen functional groups attached to an aromatic ring is 1. The largest absolute Gasteiger partial charge is 0.408 e.